The van der Waals surface area contributed by atoms with Crippen LogP contribution in [0, 0.1) is 16.0 Å². The number of hydrazone groups is 1. The number of nitrogens with one attached hydrogen (secondary N) is 1. The zero-order valence-electron chi connectivity index (χ0n) is 9.30. The van der Waals surface area contributed by atoms with Crippen LogP contribution in [0.25, 0.3) is 0 Å². The second kappa shape index (κ2) is 5.26. The minimum absolute atomic E-state index is 0.0348. The van der Waals surface area contributed by atoms with Gasteiger partial charge in [0.1, 0.15) is 0 Å². The number of hydrogen-bond acceptors (Lipinski definition) is 4. The molecule has 18 heavy (non-hydrogen) atoms. The fourth-order valence-electron chi connectivity index (χ4n) is 1.36. The lowest BCUT2D eigenvalue weighted by Crippen LogP contribution is -2.18. The maximum atomic E-state index is 11.3. The number of carbonyl (C=O) groups is 1. The predicted octanol–water partition coefficient (Wildman–Crippen LogP) is 2.22. The van der Waals surface area contributed by atoms with E-state index >= 15 is 0 Å². The number of carbonyl (C=O) groups excluding carboxylic acids is 1. The van der Waals surface area contributed by atoms with Gasteiger partial charge in [0.05, 0.1) is 15.6 Å². The molecule has 1 aromatic carbocycles. The molecule has 0 unspecified atom stereocenters. The molecular formula is C11H10BrN3O3. The van der Waals surface area contributed by atoms with E-state index in [0.29, 0.717) is 10.0 Å². The van der Waals surface area contributed by atoms with Crippen molar-refractivity contribution in [2.45, 2.75) is 12.8 Å². The SMILES string of the molecule is O=C(N/N=C\c1ccc(Br)c([N+](=O)[O-])c1)C1CC1. The monoisotopic (exact) mass is 311 g/mol. The van der Waals surface area contributed by atoms with Crippen molar-refractivity contribution in [3.8, 4) is 0 Å². The Balaban J connectivity index is 2.04. The summed E-state index contributed by atoms with van der Waals surface area (Å²) in [6.45, 7) is 0. The Bertz CT molecular complexity index is 526. The third-order valence-electron chi connectivity index (χ3n) is 2.50. The Labute approximate surface area is 111 Å². The minimum atomic E-state index is -0.482. The number of rotatable bonds is 4. The van der Waals surface area contributed by atoms with Crippen LogP contribution in [0.2, 0.25) is 0 Å². The molecule has 0 aromatic heterocycles. The number of hydrogen-bond donors (Lipinski definition) is 1. The van der Waals surface area contributed by atoms with E-state index in [1.807, 2.05) is 0 Å². The fraction of sp³-hybridized carbons (Fsp3) is 0.273. The highest BCUT2D eigenvalue weighted by Crippen LogP contribution is 2.28. The molecule has 7 heteroatoms. The topological polar surface area (TPSA) is 84.6 Å². The van der Waals surface area contributed by atoms with E-state index in [-0.39, 0.29) is 17.5 Å². The maximum Gasteiger partial charge on any atom is 0.284 e. The molecule has 0 saturated heterocycles. The molecule has 2 rings (SSSR count). The number of amides is 1. The van der Waals surface area contributed by atoms with Crippen molar-refractivity contribution < 1.29 is 9.72 Å². The van der Waals surface area contributed by atoms with Gasteiger partial charge in [0.25, 0.3) is 5.69 Å². The summed E-state index contributed by atoms with van der Waals surface area (Å²) < 4.78 is 0.409. The predicted molar refractivity (Wildman–Crippen MR) is 69.3 cm³/mol. The molecule has 1 aromatic rings. The van der Waals surface area contributed by atoms with Crippen molar-refractivity contribution in [3.63, 3.8) is 0 Å². The summed E-state index contributed by atoms with van der Waals surface area (Å²) in [6, 6.07) is 4.63. The van der Waals surface area contributed by atoms with Crippen LogP contribution in [0.15, 0.2) is 27.8 Å². The summed E-state index contributed by atoms with van der Waals surface area (Å²) >= 11 is 3.09. The Morgan fingerprint density at radius 2 is 2.28 bits per heavy atom. The van der Waals surface area contributed by atoms with Crippen molar-refractivity contribution in [1.82, 2.24) is 5.43 Å². The molecule has 0 spiro atoms. The van der Waals surface area contributed by atoms with Crippen LogP contribution in [0.1, 0.15) is 18.4 Å². The molecule has 0 bridgehead atoms. The third kappa shape index (κ3) is 3.13. The maximum absolute atomic E-state index is 11.3. The molecule has 1 aliphatic carbocycles. The number of nitro benzene ring substituents is 1. The number of halogens is 1. The quantitative estimate of drug-likeness (QED) is 0.525. The van der Waals surface area contributed by atoms with Gasteiger partial charge in [0.15, 0.2) is 0 Å². The van der Waals surface area contributed by atoms with Gasteiger partial charge in [-0.05, 0) is 34.8 Å². The molecule has 94 valence electrons. The Hall–Kier alpha value is -1.76. The summed E-state index contributed by atoms with van der Waals surface area (Å²) in [7, 11) is 0. The van der Waals surface area contributed by atoms with E-state index in [2.05, 4.69) is 26.5 Å². The lowest BCUT2D eigenvalue weighted by Gasteiger charge is -1.98. The highest BCUT2D eigenvalue weighted by atomic mass is 79.9. The number of benzene rings is 1. The molecule has 0 aliphatic heterocycles. The standard InChI is InChI=1S/C11H10BrN3O3/c12-9-4-1-7(5-10(9)15(17)18)6-13-14-11(16)8-2-3-8/h1,4-6,8H,2-3H2,(H,14,16)/b13-6-. The van der Waals surface area contributed by atoms with Crippen LogP contribution in [0.5, 0.6) is 0 Å². The van der Waals surface area contributed by atoms with Gasteiger partial charge in [-0.1, -0.05) is 6.07 Å². The van der Waals surface area contributed by atoms with E-state index in [9.17, 15) is 14.9 Å². The summed E-state index contributed by atoms with van der Waals surface area (Å²) in [6.07, 6.45) is 3.20. The van der Waals surface area contributed by atoms with Gasteiger partial charge in [0.2, 0.25) is 5.91 Å². The van der Waals surface area contributed by atoms with Crippen LogP contribution < -0.4 is 5.43 Å². The number of nitrogens with zero attached hydrogens (tertiary/aromatic N) is 2. The van der Waals surface area contributed by atoms with Gasteiger partial charge in [-0.25, -0.2) is 5.43 Å². The van der Waals surface area contributed by atoms with Crippen molar-refractivity contribution in [1.29, 1.82) is 0 Å². The summed E-state index contributed by atoms with van der Waals surface area (Å²) in [4.78, 5) is 21.5. The molecule has 1 fully saturated rings. The van der Waals surface area contributed by atoms with Gasteiger partial charge >= 0.3 is 0 Å². The van der Waals surface area contributed by atoms with E-state index in [1.165, 1.54) is 12.3 Å². The van der Waals surface area contributed by atoms with Gasteiger partial charge in [-0.2, -0.15) is 5.10 Å². The molecule has 1 saturated carbocycles. The van der Waals surface area contributed by atoms with Gasteiger partial charge in [-0.15, -0.1) is 0 Å². The molecule has 1 N–H and O–H groups in total. The van der Waals surface area contributed by atoms with Crippen molar-refractivity contribution in [3.05, 3.63) is 38.3 Å². The van der Waals surface area contributed by atoms with Gasteiger partial charge < -0.3 is 0 Å². The lowest BCUT2D eigenvalue weighted by molar-refractivity contribution is -0.385. The van der Waals surface area contributed by atoms with Crippen LogP contribution in [-0.4, -0.2) is 17.0 Å². The normalized spacial score (nSPS) is 14.7. The van der Waals surface area contributed by atoms with Crippen LogP contribution in [-0.2, 0) is 4.79 Å². The summed E-state index contributed by atoms with van der Waals surface area (Å²) in [5.74, 6) is -0.0146. The largest absolute Gasteiger partial charge is 0.284 e. The van der Waals surface area contributed by atoms with Gasteiger partial charge in [0, 0.05) is 17.5 Å². The first-order valence-corrected chi connectivity index (χ1v) is 6.14. The molecule has 0 heterocycles. The van der Waals surface area contributed by atoms with Crippen molar-refractivity contribution in [2.24, 2.45) is 11.0 Å². The lowest BCUT2D eigenvalue weighted by atomic mass is 10.2. The molecule has 1 amide bonds. The smallest absolute Gasteiger partial charge is 0.273 e. The van der Waals surface area contributed by atoms with Crippen molar-refractivity contribution in [2.75, 3.05) is 0 Å². The first-order valence-electron chi connectivity index (χ1n) is 5.35. The summed E-state index contributed by atoms with van der Waals surface area (Å²) in [5.41, 5.74) is 2.93. The Kier molecular flexibility index (Phi) is 3.71. The Morgan fingerprint density at radius 3 is 2.89 bits per heavy atom. The zero-order valence-corrected chi connectivity index (χ0v) is 10.9. The van der Waals surface area contributed by atoms with E-state index in [1.54, 1.807) is 12.1 Å². The third-order valence-corrected chi connectivity index (χ3v) is 3.17. The number of nitro groups is 1. The second-order valence-electron chi connectivity index (χ2n) is 3.98. The molecule has 6 nitrogen and oxygen atoms in total. The highest BCUT2D eigenvalue weighted by Gasteiger charge is 2.29. The minimum Gasteiger partial charge on any atom is -0.273 e. The highest BCUT2D eigenvalue weighted by molar-refractivity contribution is 9.10. The van der Waals surface area contributed by atoms with Crippen LogP contribution in [0.4, 0.5) is 5.69 Å². The molecule has 0 radical (unpaired) electrons. The zero-order chi connectivity index (χ0) is 13.1. The van der Waals surface area contributed by atoms with E-state index < -0.39 is 4.92 Å². The Morgan fingerprint density at radius 1 is 1.56 bits per heavy atom. The first-order chi connectivity index (χ1) is 8.58. The van der Waals surface area contributed by atoms with E-state index in [4.69, 9.17) is 0 Å². The van der Waals surface area contributed by atoms with Crippen molar-refractivity contribution >= 4 is 33.7 Å². The average molecular weight is 312 g/mol. The fourth-order valence-corrected chi connectivity index (χ4v) is 1.75. The molecule has 1 aliphatic rings. The summed E-state index contributed by atoms with van der Waals surface area (Å²) in [5, 5.41) is 14.5. The van der Waals surface area contributed by atoms with Crippen LogP contribution in [0.3, 0.4) is 0 Å². The molecule has 0 atom stereocenters. The second-order valence-corrected chi connectivity index (χ2v) is 4.83. The van der Waals surface area contributed by atoms with Crippen LogP contribution >= 0.6 is 15.9 Å². The average Bonchev–Trinajstić information content (AvgIpc) is 3.14. The first kappa shape index (κ1) is 12.7. The van der Waals surface area contributed by atoms with E-state index in [0.717, 1.165) is 12.8 Å². The van der Waals surface area contributed by atoms with Gasteiger partial charge in [-0.3, -0.25) is 14.9 Å². The molecular weight excluding hydrogens is 302 g/mol.